The molecule has 0 amide bonds. The Balaban J connectivity index is 1.87. The fourth-order valence-electron chi connectivity index (χ4n) is 2.60. The number of aliphatic hydroxyl groups excluding tert-OH is 1. The zero-order chi connectivity index (χ0) is 16.0. The van der Waals surface area contributed by atoms with Crippen molar-refractivity contribution in [3.05, 3.63) is 29.6 Å². The molecule has 1 aliphatic carbocycles. The number of alkyl halides is 3. The van der Waals surface area contributed by atoms with Gasteiger partial charge in [0.25, 0.3) is 0 Å². The molecule has 22 heavy (non-hydrogen) atoms. The van der Waals surface area contributed by atoms with Crippen LogP contribution in [-0.4, -0.2) is 33.6 Å². The Morgan fingerprint density at radius 3 is 2.73 bits per heavy atom. The Kier molecular flexibility index (Phi) is 3.47. The van der Waals surface area contributed by atoms with E-state index in [1.54, 1.807) is 18.2 Å². The quantitative estimate of drug-likeness (QED) is 0.834. The van der Waals surface area contributed by atoms with Gasteiger partial charge in [-0.2, -0.15) is 13.2 Å². The molecule has 1 unspecified atom stereocenters. The van der Waals surface area contributed by atoms with Crippen molar-refractivity contribution >= 4 is 17.3 Å². The number of nitrogens with zero attached hydrogens (tertiary/aromatic N) is 1. The number of aryl methyl sites for hydroxylation is 1. The van der Waals surface area contributed by atoms with Crippen molar-refractivity contribution < 1.29 is 23.1 Å². The van der Waals surface area contributed by atoms with Crippen LogP contribution in [0.4, 0.5) is 13.2 Å². The molecule has 4 nitrogen and oxygen atoms in total. The second kappa shape index (κ2) is 5.08. The lowest BCUT2D eigenvalue weighted by Gasteiger charge is -2.16. The average molecular weight is 312 g/mol. The molecule has 3 rings (SSSR count). The van der Waals surface area contributed by atoms with E-state index in [1.165, 1.54) is 0 Å². The van der Waals surface area contributed by atoms with Crippen molar-refractivity contribution in [1.82, 2.24) is 9.97 Å². The summed E-state index contributed by atoms with van der Waals surface area (Å²) in [6, 6.07) is 5.12. The SMILES string of the molecule is O=CC(O)CCc1ccc2nc(C3(C(F)(F)F)CC3)[nH]c2c1. The molecule has 118 valence electrons. The minimum atomic E-state index is -4.29. The number of aliphatic hydroxyl groups is 1. The fourth-order valence-corrected chi connectivity index (χ4v) is 2.60. The van der Waals surface area contributed by atoms with E-state index in [4.69, 9.17) is 0 Å². The third-order valence-corrected chi connectivity index (χ3v) is 4.18. The Bertz CT molecular complexity index is 704. The standard InChI is InChI=1S/C15H15F3N2O2/c16-15(17,18)14(5-6-14)13-19-11-4-2-9(7-12(11)20-13)1-3-10(22)8-21/h2,4,7-8,10,22H,1,3,5-6H2,(H,19,20). The molecule has 1 saturated carbocycles. The minimum Gasteiger partial charge on any atom is -0.386 e. The second-order valence-electron chi connectivity index (χ2n) is 5.76. The molecule has 1 aromatic carbocycles. The summed E-state index contributed by atoms with van der Waals surface area (Å²) in [6.07, 6.45) is -3.97. The Morgan fingerprint density at radius 1 is 1.41 bits per heavy atom. The molecule has 2 N–H and O–H groups in total. The van der Waals surface area contributed by atoms with Gasteiger partial charge in [0.1, 0.15) is 23.6 Å². The van der Waals surface area contributed by atoms with Gasteiger partial charge in [-0.1, -0.05) is 6.07 Å². The van der Waals surface area contributed by atoms with E-state index < -0.39 is 17.7 Å². The van der Waals surface area contributed by atoms with Gasteiger partial charge in [0.15, 0.2) is 0 Å². The second-order valence-corrected chi connectivity index (χ2v) is 5.76. The van der Waals surface area contributed by atoms with Gasteiger partial charge in [0.2, 0.25) is 0 Å². The summed E-state index contributed by atoms with van der Waals surface area (Å²) in [4.78, 5) is 17.2. The van der Waals surface area contributed by atoms with Gasteiger partial charge >= 0.3 is 6.18 Å². The van der Waals surface area contributed by atoms with E-state index in [9.17, 15) is 23.1 Å². The molecule has 7 heteroatoms. The first-order valence-corrected chi connectivity index (χ1v) is 7.05. The molecule has 1 heterocycles. The number of H-pyrrole nitrogens is 1. The van der Waals surface area contributed by atoms with Crippen molar-refractivity contribution in [1.29, 1.82) is 0 Å². The molecule has 1 atom stereocenters. The minimum absolute atomic E-state index is 0.0277. The average Bonchev–Trinajstić information content (AvgIpc) is 3.19. The number of aromatic amines is 1. The third kappa shape index (κ3) is 2.49. The number of carbonyl (C=O) groups is 1. The van der Waals surface area contributed by atoms with Crippen molar-refractivity contribution in [3.63, 3.8) is 0 Å². The number of imidazole rings is 1. The largest absolute Gasteiger partial charge is 0.401 e. The van der Waals surface area contributed by atoms with Gasteiger partial charge in [-0.05, 0) is 43.4 Å². The van der Waals surface area contributed by atoms with E-state index in [0.29, 0.717) is 23.7 Å². The molecule has 1 fully saturated rings. The van der Waals surface area contributed by atoms with E-state index in [0.717, 1.165) is 5.56 Å². The Labute approximate surface area is 124 Å². The van der Waals surface area contributed by atoms with Crippen LogP contribution in [0.15, 0.2) is 18.2 Å². The van der Waals surface area contributed by atoms with Crippen LogP contribution in [0.25, 0.3) is 11.0 Å². The number of benzene rings is 1. The predicted molar refractivity (Wildman–Crippen MR) is 73.5 cm³/mol. The smallest absolute Gasteiger partial charge is 0.386 e. The zero-order valence-corrected chi connectivity index (χ0v) is 11.7. The summed E-state index contributed by atoms with van der Waals surface area (Å²) in [5.74, 6) is -0.0277. The molecular formula is C15H15F3N2O2. The number of aromatic nitrogens is 2. The maximum Gasteiger partial charge on any atom is 0.401 e. The highest BCUT2D eigenvalue weighted by atomic mass is 19.4. The zero-order valence-electron chi connectivity index (χ0n) is 11.7. The number of fused-ring (bicyclic) bond motifs is 1. The van der Waals surface area contributed by atoms with Crippen LogP contribution in [0.3, 0.4) is 0 Å². The summed E-state index contributed by atoms with van der Waals surface area (Å²) >= 11 is 0. The van der Waals surface area contributed by atoms with Gasteiger partial charge in [-0.25, -0.2) is 4.98 Å². The highest BCUT2D eigenvalue weighted by molar-refractivity contribution is 5.76. The number of aldehydes is 1. The fraction of sp³-hybridized carbons (Fsp3) is 0.467. The van der Waals surface area contributed by atoms with Crippen LogP contribution in [0, 0.1) is 0 Å². The summed E-state index contributed by atoms with van der Waals surface area (Å²) in [6.45, 7) is 0. The van der Waals surface area contributed by atoms with Gasteiger partial charge in [0, 0.05) is 0 Å². The summed E-state index contributed by atoms with van der Waals surface area (Å²) in [5, 5.41) is 9.23. The van der Waals surface area contributed by atoms with Crippen molar-refractivity contribution in [3.8, 4) is 0 Å². The molecular weight excluding hydrogens is 297 g/mol. The van der Waals surface area contributed by atoms with Crippen LogP contribution in [0.2, 0.25) is 0 Å². The molecule has 0 bridgehead atoms. The monoisotopic (exact) mass is 312 g/mol. The van der Waals surface area contributed by atoms with Crippen molar-refractivity contribution in [2.24, 2.45) is 0 Å². The summed E-state index contributed by atoms with van der Waals surface area (Å²) < 4.78 is 39.4. The Morgan fingerprint density at radius 2 is 2.14 bits per heavy atom. The van der Waals surface area contributed by atoms with Crippen LogP contribution < -0.4 is 0 Å². The maximum atomic E-state index is 13.1. The van der Waals surface area contributed by atoms with Gasteiger partial charge < -0.3 is 14.9 Å². The van der Waals surface area contributed by atoms with Crippen molar-refractivity contribution in [2.75, 3.05) is 0 Å². The normalized spacial score (nSPS) is 18.4. The number of halogens is 3. The van der Waals surface area contributed by atoms with Gasteiger partial charge in [-0.15, -0.1) is 0 Å². The Hall–Kier alpha value is -1.89. The highest BCUT2D eigenvalue weighted by Gasteiger charge is 2.66. The molecule has 0 saturated heterocycles. The van der Waals surface area contributed by atoms with Gasteiger partial charge in [0.05, 0.1) is 11.0 Å². The predicted octanol–water partition coefficient (Wildman–Crippen LogP) is 2.65. The van der Waals surface area contributed by atoms with E-state index >= 15 is 0 Å². The van der Waals surface area contributed by atoms with E-state index in [-0.39, 0.29) is 25.1 Å². The molecule has 0 aliphatic heterocycles. The number of hydrogen-bond acceptors (Lipinski definition) is 3. The lowest BCUT2D eigenvalue weighted by Crippen LogP contribution is -2.29. The topological polar surface area (TPSA) is 66.0 Å². The number of carbonyl (C=O) groups excluding carboxylic acids is 1. The number of rotatable bonds is 5. The van der Waals surface area contributed by atoms with E-state index in [1.807, 2.05) is 0 Å². The van der Waals surface area contributed by atoms with Crippen LogP contribution in [0.5, 0.6) is 0 Å². The molecule has 2 aromatic rings. The first-order chi connectivity index (χ1) is 10.4. The van der Waals surface area contributed by atoms with Crippen LogP contribution in [0.1, 0.15) is 30.7 Å². The highest BCUT2D eigenvalue weighted by Crippen LogP contribution is 2.58. The maximum absolute atomic E-state index is 13.1. The first-order valence-electron chi connectivity index (χ1n) is 7.05. The summed E-state index contributed by atoms with van der Waals surface area (Å²) in [7, 11) is 0. The number of hydrogen-bond donors (Lipinski definition) is 2. The van der Waals surface area contributed by atoms with E-state index in [2.05, 4.69) is 9.97 Å². The summed E-state index contributed by atoms with van der Waals surface area (Å²) in [5.41, 5.74) is 0.0502. The third-order valence-electron chi connectivity index (χ3n) is 4.18. The van der Waals surface area contributed by atoms with Crippen LogP contribution >= 0.6 is 0 Å². The van der Waals surface area contributed by atoms with Crippen molar-refractivity contribution in [2.45, 2.75) is 43.4 Å². The molecule has 0 radical (unpaired) electrons. The van der Waals surface area contributed by atoms with Crippen LogP contribution in [-0.2, 0) is 16.6 Å². The molecule has 1 aromatic heterocycles. The molecule has 0 spiro atoms. The first kappa shape index (κ1) is 15.0. The lowest BCUT2D eigenvalue weighted by molar-refractivity contribution is -0.162. The molecule has 1 aliphatic rings. The lowest BCUT2D eigenvalue weighted by atomic mass is 10.1. The van der Waals surface area contributed by atoms with Gasteiger partial charge in [-0.3, -0.25) is 0 Å². The number of nitrogens with one attached hydrogen (secondary N) is 1.